The maximum atomic E-state index is 13.3. The van der Waals surface area contributed by atoms with Gasteiger partial charge in [0.05, 0.1) is 5.75 Å². The van der Waals surface area contributed by atoms with E-state index in [0.29, 0.717) is 12.3 Å². The number of benzene rings is 1. The number of rotatable bonds is 8. The van der Waals surface area contributed by atoms with E-state index in [2.05, 4.69) is 21.6 Å². The van der Waals surface area contributed by atoms with E-state index in [-0.39, 0.29) is 17.8 Å². The minimum absolute atomic E-state index is 0.101. The van der Waals surface area contributed by atoms with Crippen LogP contribution in [0.2, 0.25) is 0 Å². The molecule has 5 nitrogen and oxygen atoms in total. The molecule has 0 spiro atoms. The van der Waals surface area contributed by atoms with Crippen LogP contribution in [-0.2, 0) is 24.8 Å². The normalized spacial score (nSPS) is 14.6. The average molecular weight is 459 g/mol. The predicted molar refractivity (Wildman–Crippen MR) is 123 cm³/mol. The van der Waals surface area contributed by atoms with Gasteiger partial charge in [-0.2, -0.15) is 0 Å². The van der Waals surface area contributed by atoms with E-state index < -0.39 is 0 Å². The van der Waals surface area contributed by atoms with Crippen molar-refractivity contribution in [2.24, 2.45) is 7.05 Å². The van der Waals surface area contributed by atoms with Crippen LogP contribution >= 0.6 is 23.1 Å². The summed E-state index contributed by atoms with van der Waals surface area (Å²) in [6.45, 7) is 0.521. The summed E-state index contributed by atoms with van der Waals surface area (Å²) < 4.78 is 15.3. The third-order valence-electron chi connectivity index (χ3n) is 5.76. The van der Waals surface area contributed by atoms with Gasteiger partial charge in [-0.25, -0.2) is 4.39 Å². The van der Waals surface area contributed by atoms with Gasteiger partial charge >= 0.3 is 0 Å². The lowest BCUT2D eigenvalue weighted by Crippen LogP contribution is -2.42. The first-order chi connectivity index (χ1) is 15.1. The van der Waals surface area contributed by atoms with Crippen LogP contribution in [0, 0.1) is 5.82 Å². The third kappa shape index (κ3) is 5.74. The smallest absolute Gasteiger partial charge is 0.233 e. The van der Waals surface area contributed by atoms with E-state index in [1.807, 2.05) is 22.6 Å². The van der Waals surface area contributed by atoms with Crippen molar-refractivity contribution in [2.45, 2.75) is 56.3 Å². The van der Waals surface area contributed by atoms with Crippen LogP contribution in [0.5, 0.6) is 0 Å². The summed E-state index contributed by atoms with van der Waals surface area (Å²) in [5.74, 6) is 1.07. The van der Waals surface area contributed by atoms with Crippen LogP contribution in [0.15, 0.2) is 46.9 Å². The van der Waals surface area contributed by atoms with Gasteiger partial charge in [-0.15, -0.1) is 21.5 Å². The molecule has 164 valence electrons. The molecule has 1 aliphatic carbocycles. The van der Waals surface area contributed by atoms with Gasteiger partial charge < -0.3 is 9.47 Å². The standard InChI is InChI=1S/C23H27FN4OS2/c1-27-21(14-20-8-5-13-30-20)25-26-23(27)31-16-22(29)28(19-6-3-2-4-7-19)15-17-9-11-18(24)12-10-17/h5,8-13,19H,2-4,6-7,14-16H2,1H3. The molecule has 0 radical (unpaired) electrons. The Balaban J connectivity index is 1.42. The highest BCUT2D eigenvalue weighted by molar-refractivity contribution is 7.99. The number of hydrogen-bond acceptors (Lipinski definition) is 5. The van der Waals surface area contributed by atoms with Crippen LogP contribution in [0.25, 0.3) is 0 Å². The molecule has 1 saturated carbocycles. The van der Waals surface area contributed by atoms with Crippen molar-refractivity contribution < 1.29 is 9.18 Å². The lowest BCUT2D eigenvalue weighted by molar-refractivity contribution is -0.132. The molecule has 1 aromatic carbocycles. The second-order valence-electron chi connectivity index (χ2n) is 7.94. The quantitative estimate of drug-likeness (QED) is 0.443. The van der Waals surface area contributed by atoms with Gasteiger partial charge in [-0.05, 0) is 42.0 Å². The van der Waals surface area contributed by atoms with E-state index in [4.69, 9.17) is 0 Å². The summed E-state index contributed by atoms with van der Waals surface area (Å²) in [5.41, 5.74) is 0.960. The Hall–Kier alpha value is -2.19. The van der Waals surface area contributed by atoms with E-state index in [9.17, 15) is 9.18 Å². The Morgan fingerprint density at radius 1 is 1.19 bits per heavy atom. The molecule has 31 heavy (non-hydrogen) atoms. The van der Waals surface area contributed by atoms with Crippen LogP contribution in [0.1, 0.15) is 48.4 Å². The van der Waals surface area contributed by atoms with Gasteiger partial charge in [0.2, 0.25) is 5.91 Å². The first-order valence-electron chi connectivity index (χ1n) is 10.7. The fraction of sp³-hybridized carbons (Fsp3) is 0.435. The van der Waals surface area contributed by atoms with Gasteiger partial charge in [0.1, 0.15) is 11.6 Å². The van der Waals surface area contributed by atoms with Crippen molar-refractivity contribution in [1.82, 2.24) is 19.7 Å². The number of thiophene rings is 1. The SMILES string of the molecule is Cn1c(Cc2cccs2)nnc1SCC(=O)N(Cc1ccc(F)cc1)C1CCCCC1. The molecule has 0 aliphatic heterocycles. The van der Waals surface area contributed by atoms with E-state index in [1.165, 1.54) is 35.2 Å². The van der Waals surface area contributed by atoms with Crippen LogP contribution < -0.4 is 0 Å². The fourth-order valence-corrected chi connectivity index (χ4v) is 5.52. The van der Waals surface area contributed by atoms with Gasteiger partial charge in [0, 0.05) is 30.9 Å². The van der Waals surface area contributed by atoms with E-state index in [0.717, 1.165) is 48.6 Å². The fourth-order valence-electron chi connectivity index (χ4n) is 4.00. The van der Waals surface area contributed by atoms with Crippen molar-refractivity contribution in [3.8, 4) is 0 Å². The minimum Gasteiger partial charge on any atom is -0.335 e. The number of halogens is 1. The number of nitrogens with zero attached hydrogens (tertiary/aromatic N) is 4. The van der Waals surface area contributed by atoms with E-state index >= 15 is 0 Å². The van der Waals surface area contributed by atoms with E-state index in [1.54, 1.807) is 23.5 Å². The summed E-state index contributed by atoms with van der Waals surface area (Å²) >= 11 is 3.14. The highest BCUT2D eigenvalue weighted by atomic mass is 32.2. The highest BCUT2D eigenvalue weighted by Gasteiger charge is 2.26. The topological polar surface area (TPSA) is 51.0 Å². The molecule has 0 unspecified atom stereocenters. The molecule has 2 aromatic heterocycles. The Bertz CT molecular complexity index is 982. The van der Waals surface area contributed by atoms with Gasteiger partial charge in [0.25, 0.3) is 0 Å². The Kier molecular flexibility index (Phi) is 7.40. The second kappa shape index (κ2) is 10.4. The number of carbonyl (C=O) groups excluding carboxylic acids is 1. The number of thioether (sulfide) groups is 1. The summed E-state index contributed by atoms with van der Waals surface area (Å²) in [5, 5.41) is 11.4. The first-order valence-corrected chi connectivity index (χ1v) is 12.5. The zero-order chi connectivity index (χ0) is 21.6. The van der Waals surface area contributed by atoms with Gasteiger partial charge in [0.15, 0.2) is 5.16 Å². The molecule has 3 aromatic rings. The maximum absolute atomic E-state index is 13.3. The highest BCUT2D eigenvalue weighted by Crippen LogP contribution is 2.26. The summed E-state index contributed by atoms with van der Waals surface area (Å²) in [7, 11) is 1.95. The Labute approximate surface area is 190 Å². The lowest BCUT2D eigenvalue weighted by Gasteiger charge is -2.34. The molecular weight excluding hydrogens is 431 g/mol. The van der Waals surface area contributed by atoms with Crippen molar-refractivity contribution in [2.75, 3.05) is 5.75 Å². The van der Waals surface area contributed by atoms with Gasteiger partial charge in [-0.3, -0.25) is 4.79 Å². The molecule has 8 heteroatoms. The Morgan fingerprint density at radius 3 is 2.68 bits per heavy atom. The van der Waals surface area contributed by atoms with Crippen molar-refractivity contribution in [3.63, 3.8) is 0 Å². The zero-order valence-electron chi connectivity index (χ0n) is 17.7. The minimum atomic E-state index is -0.254. The molecule has 1 aliphatic rings. The largest absolute Gasteiger partial charge is 0.335 e. The van der Waals surface area contributed by atoms with Crippen LogP contribution in [-0.4, -0.2) is 37.4 Å². The Morgan fingerprint density at radius 2 is 1.97 bits per heavy atom. The molecular formula is C23H27FN4OS2. The van der Waals surface area contributed by atoms with Crippen molar-refractivity contribution in [3.05, 3.63) is 63.9 Å². The summed E-state index contributed by atoms with van der Waals surface area (Å²) in [6, 6.07) is 10.8. The number of amides is 1. The van der Waals surface area contributed by atoms with Crippen molar-refractivity contribution in [1.29, 1.82) is 0 Å². The molecule has 0 atom stereocenters. The van der Waals surface area contributed by atoms with Crippen LogP contribution in [0.4, 0.5) is 4.39 Å². The third-order valence-corrected chi connectivity index (χ3v) is 7.65. The first kappa shape index (κ1) is 22.0. The average Bonchev–Trinajstić information content (AvgIpc) is 3.43. The number of hydrogen-bond donors (Lipinski definition) is 0. The molecule has 2 heterocycles. The molecule has 1 amide bonds. The summed E-state index contributed by atoms with van der Waals surface area (Å²) in [4.78, 5) is 16.5. The summed E-state index contributed by atoms with van der Waals surface area (Å²) in [6.07, 6.45) is 6.35. The molecule has 4 rings (SSSR count). The second-order valence-corrected chi connectivity index (χ2v) is 9.92. The zero-order valence-corrected chi connectivity index (χ0v) is 19.3. The van der Waals surface area contributed by atoms with Crippen molar-refractivity contribution >= 4 is 29.0 Å². The van der Waals surface area contributed by atoms with Gasteiger partial charge in [-0.1, -0.05) is 49.2 Å². The van der Waals surface area contributed by atoms with Crippen LogP contribution in [0.3, 0.4) is 0 Å². The lowest BCUT2D eigenvalue weighted by atomic mass is 9.94. The number of aromatic nitrogens is 3. The molecule has 0 N–H and O–H groups in total. The molecule has 0 saturated heterocycles. The monoisotopic (exact) mass is 458 g/mol. The maximum Gasteiger partial charge on any atom is 0.233 e. The molecule has 1 fully saturated rings. The predicted octanol–water partition coefficient (Wildman–Crippen LogP) is 5.06. The molecule has 0 bridgehead atoms. The number of carbonyl (C=O) groups is 1.